The topological polar surface area (TPSA) is 122 Å². The highest BCUT2D eigenvalue weighted by atomic mass is 19.4. The highest BCUT2D eigenvalue weighted by Crippen LogP contribution is 2.34. The molecule has 180 valence electrons. The van der Waals surface area contributed by atoms with Crippen molar-refractivity contribution in [2.75, 3.05) is 10.6 Å². The number of benzene rings is 2. The number of urea groups is 1. The summed E-state index contributed by atoms with van der Waals surface area (Å²) >= 11 is 0. The lowest BCUT2D eigenvalue weighted by atomic mass is 10.0. The van der Waals surface area contributed by atoms with Gasteiger partial charge < -0.3 is 15.8 Å². The van der Waals surface area contributed by atoms with Crippen molar-refractivity contribution in [1.82, 2.24) is 9.97 Å². The van der Waals surface area contributed by atoms with Gasteiger partial charge in [-0.05, 0) is 29.3 Å². The third-order valence-corrected chi connectivity index (χ3v) is 4.34. The van der Waals surface area contributed by atoms with E-state index in [4.69, 9.17) is 5.73 Å². The molecule has 0 unspecified atom stereocenters. The Labute approximate surface area is 186 Å². The van der Waals surface area contributed by atoms with Crippen molar-refractivity contribution >= 4 is 17.7 Å². The number of para-hydroxylation sites is 2. The minimum atomic E-state index is -4.99. The first-order valence-electron chi connectivity index (χ1n) is 9.30. The van der Waals surface area contributed by atoms with E-state index >= 15 is 0 Å². The fourth-order valence-electron chi connectivity index (χ4n) is 2.89. The predicted molar refractivity (Wildman–Crippen MR) is 109 cm³/mol. The molecule has 0 fully saturated rings. The molecule has 8 nitrogen and oxygen atoms in total. The third-order valence-electron chi connectivity index (χ3n) is 4.34. The Morgan fingerprint density at radius 1 is 1.06 bits per heavy atom. The molecule has 3 rings (SSSR count). The molecule has 0 aliphatic carbocycles. The van der Waals surface area contributed by atoms with Crippen molar-refractivity contribution in [1.29, 1.82) is 0 Å². The molecule has 2 aromatic carbocycles. The van der Waals surface area contributed by atoms with Crippen molar-refractivity contribution < 1.29 is 35.9 Å². The summed E-state index contributed by atoms with van der Waals surface area (Å²) in [6.45, 7) is -0.362. The van der Waals surface area contributed by atoms with Gasteiger partial charge in [-0.3, -0.25) is 15.1 Å². The largest absolute Gasteiger partial charge is 0.573 e. The number of carbonyl (C=O) groups excluding carboxylic acids is 1. The van der Waals surface area contributed by atoms with Gasteiger partial charge >= 0.3 is 18.6 Å². The zero-order valence-corrected chi connectivity index (χ0v) is 16.8. The first-order chi connectivity index (χ1) is 15.9. The molecular weight excluding hydrogens is 472 g/mol. The van der Waals surface area contributed by atoms with Crippen molar-refractivity contribution in [2.45, 2.75) is 19.1 Å². The molecule has 0 radical (unpaired) electrons. The molecule has 34 heavy (non-hydrogen) atoms. The van der Waals surface area contributed by atoms with Crippen LogP contribution in [0.25, 0.3) is 11.1 Å². The van der Waals surface area contributed by atoms with E-state index in [9.17, 15) is 35.9 Å². The van der Waals surface area contributed by atoms with Gasteiger partial charge in [0.15, 0.2) is 5.75 Å². The molecule has 0 saturated heterocycles. The molecule has 5 N–H and O–H groups in total. The van der Waals surface area contributed by atoms with Crippen LogP contribution in [0.1, 0.15) is 11.1 Å². The van der Waals surface area contributed by atoms with Crippen LogP contribution in [0.4, 0.5) is 42.8 Å². The summed E-state index contributed by atoms with van der Waals surface area (Å²) in [4.78, 5) is 30.5. The molecule has 0 spiro atoms. The van der Waals surface area contributed by atoms with Gasteiger partial charge in [-0.2, -0.15) is 13.2 Å². The molecular formula is C20H15F6N5O3. The smallest absolute Gasteiger partial charge is 0.404 e. The number of nitrogens with two attached hydrogens (primary N) is 1. The maximum absolute atomic E-state index is 13.3. The quantitative estimate of drug-likeness (QED) is 0.396. The molecule has 3 aromatic rings. The van der Waals surface area contributed by atoms with Crippen LogP contribution < -0.4 is 26.7 Å². The lowest BCUT2D eigenvalue weighted by Gasteiger charge is -2.14. The van der Waals surface area contributed by atoms with Gasteiger partial charge in [-0.1, -0.05) is 24.3 Å². The zero-order valence-electron chi connectivity index (χ0n) is 16.8. The summed E-state index contributed by atoms with van der Waals surface area (Å²) in [7, 11) is 0. The number of H-pyrrole nitrogens is 1. The van der Waals surface area contributed by atoms with E-state index in [1.54, 1.807) is 0 Å². The number of hydrogen-bond acceptors (Lipinski definition) is 5. The SMILES string of the molecule is NCc1ccc(-c2cnc(NC(=O)Nc3ccccc3OC(F)(F)F)[nH]c2=O)cc1C(F)(F)F. The molecule has 1 aromatic heterocycles. The Kier molecular flexibility index (Phi) is 6.81. The van der Waals surface area contributed by atoms with Crippen molar-refractivity contribution in [3.63, 3.8) is 0 Å². The van der Waals surface area contributed by atoms with E-state index in [1.807, 2.05) is 0 Å². The minimum Gasteiger partial charge on any atom is -0.404 e. The average Bonchev–Trinajstić information content (AvgIpc) is 2.73. The number of nitrogens with zero attached hydrogens (tertiary/aromatic N) is 1. The van der Waals surface area contributed by atoms with Crippen LogP contribution in [-0.2, 0) is 12.7 Å². The fourth-order valence-corrected chi connectivity index (χ4v) is 2.89. The van der Waals surface area contributed by atoms with Crippen LogP contribution in [0.3, 0.4) is 0 Å². The third kappa shape index (κ3) is 6.04. The highest BCUT2D eigenvalue weighted by Gasteiger charge is 2.34. The van der Waals surface area contributed by atoms with E-state index < -0.39 is 41.4 Å². The van der Waals surface area contributed by atoms with Gasteiger partial charge in [0.25, 0.3) is 5.56 Å². The van der Waals surface area contributed by atoms with Crippen LogP contribution in [-0.4, -0.2) is 22.4 Å². The van der Waals surface area contributed by atoms with Gasteiger partial charge in [-0.15, -0.1) is 13.2 Å². The number of aromatic nitrogens is 2. The summed E-state index contributed by atoms with van der Waals surface area (Å²) in [5, 5.41) is 4.21. The summed E-state index contributed by atoms with van der Waals surface area (Å²) in [5.74, 6) is -1.08. The van der Waals surface area contributed by atoms with E-state index in [1.165, 1.54) is 18.2 Å². The summed E-state index contributed by atoms with van der Waals surface area (Å²) in [5.41, 5.74) is 2.66. The zero-order chi connectivity index (χ0) is 25.1. The Hall–Kier alpha value is -4.07. The Bertz CT molecular complexity index is 1260. The highest BCUT2D eigenvalue weighted by molar-refractivity contribution is 5.99. The number of carbonyl (C=O) groups is 1. The van der Waals surface area contributed by atoms with Crippen LogP contribution in [0.2, 0.25) is 0 Å². The number of alkyl halides is 6. The molecule has 0 atom stereocenters. The molecule has 0 aliphatic rings. The number of hydrogen-bond donors (Lipinski definition) is 4. The summed E-state index contributed by atoms with van der Waals surface area (Å²) in [6, 6.07) is 6.81. The minimum absolute atomic E-state index is 0.0903. The van der Waals surface area contributed by atoms with Gasteiger partial charge in [-0.25, -0.2) is 9.78 Å². The molecule has 0 saturated carbocycles. The normalized spacial score (nSPS) is 11.7. The fraction of sp³-hybridized carbons (Fsp3) is 0.150. The van der Waals surface area contributed by atoms with Crippen molar-refractivity contribution in [3.8, 4) is 16.9 Å². The molecule has 0 bridgehead atoms. The Morgan fingerprint density at radius 2 is 1.76 bits per heavy atom. The number of anilines is 2. The molecule has 0 aliphatic heterocycles. The first-order valence-corrected chi connectivity index (χ1v) is 9.30. The average molecular weight is 487 g/mol. The first kappa shape index (κ1) is 24.6. The van der Waals surface area contributed by atoms with Gasteiger partial charge in [0.1, 0.15) is 0 Å². The summed E-state index contributed by atoms with van der Waals surface area (Å²) in [6.07, 6.45) is -8.76. The van der Waals surface area contributed by atoms with E-state index in [0.717, 1.165) is 30.5 Å². The second-order valence-electron chi connectivity index (χ2n) is 6.67. The van der Waals surface area contributed by atoms with E-state index in [2.05, 4.69) is 25.3 Å². The lowest BCUT2D eigenvalue weighted by Crippen LogP contribution is -2.24. The number of halogens is 6. The number of aromatic amines is 1. The molecule has 14 heteroatoms. The Balaban J connectivity index is 1.80. The van der Waals surface area contributed by atoms with Crippen LogP contribution in [0.5, 0.6) is 5.75 Å². The van der Waals surface area contributed by atoms with Crippen molar-refractivity contribution in [2.24, 2.45) is 5.73 Å². The lowest BCUT2D eigenvalue weighted by molar-refractivity contribution is -0.274. The standard InChI is InChI=1S/C20H15F6N5O3/c21-19(22,23)13-7-10(5-6-11(13)8-27)12-9-28-17(30-16(12)32)31-18(33)29-14-3-1-2-4-15(14)34-20(24,25)26/h1-7,9H,8,27H2,(H3,28,29,30,31,32,33). The van der Waals surface area contributed by atoms with Crippen molar-refractivity contribution in [3.05, 3.63) is 70.1 Å². The van der Waals surface area contributed by atoms with E-state index in [0.29, 0.717) is 0 Å². The van der Waals surface area contributed by atoms with Crippen LogP contribution in [0.15, 0.2) is 53.5 Å². The molecule has 2 amide bonds. The predicted octanol–water partition coefficient (Wildman–Crippen LogP) is 4.46. The van der Waals surface area contributed by atoms with Gasteiger partial charge in [0.2, 0.25) is 5.95 Å². The van der Waals surface area contributed by atoms with E-state index in [-0.39, 0.29) is 28.9 Å². The van der Waals surface area contributed by atoms with Gasteiger partial charge in [0.05, 0.1) is 16.8 Å². The van der Waals surface area contributed by atoms with Crippen LogP contribution >= 0.6 is 0 Å². The number of nitrogens with one attached hydrogen (secondary N) is 3. The summed E-state index contributed by atoms with van der Waals surface area (Å²) < 4.78 is 81.1. The maximum Gasteiger partial charge on any atom is 0.573 e. The molecule has 1 heterocycles. The number of rotatable bonds is 5. The second-order valence-corrected chi connectivity index (χ2v) is 6.67. The second kappa shape index (κ2) is 9.43. The Morgan fingerprint density at radius 3 is 2.38 bits per heavy atom. The number of ether oxygens (including phenoxy) is 1. The van der Waals surface area contributed by atoms with Gasteiger partial charge in [0, 0.05) is 12.7 Å². The monoisotopic (exact) mass is 487 g/mol. The van der Waals surface area contributed by atoms with Crippen LogP contribution in [0, 0.1) is 0 Å². The maximum atomic E-state index is 13.3. The number of amides is 2.